The van der Waals surface area contributed by atoms with Crippen LogP contribution in [0.25, 0.3) is 10.9 Å². The number of fused-ring (bicyclic) bond motifs is 1. The summed E-state index contributed by atoms with van der Waals surface area (Å²) in [6.07, 6.45) is 0. The van der Waals surface area contributed by atoms with Crippen molar-refractivity contribution in [2.45, 2.75) is 0 Å². The number of aromatic nitrogens is 1. The average molecular weight is 298 g/mol. The van der Waals surface area contributed by atoms with Crippen molar-refractivity contribution in [3.05, 3.63) is 69.0 Å². The summed E-state index contributed by atoms with van der Waals surface area (Å²) in [5, 5.41) is 20.8. The van der Waals surface area contributed by atoms with Crippen molar-refractivity contribution < 1.29 is 14.8 Å². The van der Waals surface area contributed by atoms with Crippen molar-refractivity contribution >= 4 is 16.6 Å². The van der Waals surface area contributed by atoms with E-state index in [2.05, 4.69) is 4.98 Å². The quantitative estimate of drug-likeness (QED) is 0.571. The van der Waals surface area contributed by atoms with Crippen molar-refractivity contribution in [1.29, 1.82) is 0 Å². The summed E-state index contributed by atoms with van der Waals surface area (Å²) in [5.41, 5.74) is -1.59. The molecular formula is C15H10N2O5. The van der Waals surface area contributed by atoms with Gasteiger partial charge in [0.25, 0.3) is 0 Å². The lowest BCUT2D eigenvalue weighted by molar-refractivity contribution is -0.387. The maximum Gasteiger partial charge on any atom is 0.375 e. The number of rotatable bonds is 3. The number of aromatic amines is 1. The molecule has 0 aliphatic rings. The highest BCUT2D eigenvalue weighted by Crippen LogP contribution is 2.32. The first kappa shape index (κ1) is 13.6. The monoisotopic (exact) mass is 298 g/mol. The largest absolute Gasteiger partial charge is 0.501 e. The summed E-state index contributed by atoms with van der Waals surface area (Å²) in [5.74, 6) is 0.382. The van der Waals surface area contributed by atoms with Crippen LogP contribution >= 0.6 is 0 Å². The first-order valence-corrected chi connectivity index (χ1v) is 6.32. The van der Waals surface area contributed by atoms with Gasteiger partial charge in [-0.05, 0) is 24.3 Å². The molecule has 0 atom stereocenters. The molecule has 0 spiro atoms. The fraction of sp³-hybridized carbons (Fsp3) is 0. The van der Waals surface area contributed by atoms with Gasteiger partial charge >= 0.3 is 11.2 Å². The smallest absolute Gasteiger partial charge is 0.375 e. The van der Waals surface area contributed by atoms with Crippen LogP contribution < -0.4 is 10.3 Å². The molecule has 0 aliphatic carbocycles. The standard InChI is InChI=1S/C15H10N2O5/c18-14-11-7-6-10(22-9-4-2-1-3-5-9)8-12(11)16-15(19)13(14)17(20)21/h1-8H,(H2,16,18,19). The summed E-state index contributed by atoms with van der Waals surface area (Å²) < 4.78 is 5.61. The third kappa shape index (κ3) is 2.35. The minimum absolute atomic E-state index is 0.173. The minimum atomic E-state index is -0.966. The summed E-state index contributed by atoms with van der Waals surface area (Å²) >= 11 is 0. The third-order valence-corrected chi connectivity index (χ3v) is 3.10. The molecule has 2 N–H and O–H groups in total. The van der Waals surface area contributed by atoms with Crippen molar-refractivity contribution in [1.82, 2.24) is 4.98 Å². The molecule has 0 fully saturated rings. The lowest BCUT2D eigenvalue weighted by Gasteiger charge is -2.07. The maximum atomic E-state index is 11.7. The van der Waals surface area contributed by atoms with E-state index in [0.29, 0.717) is 11.5 Å². The molecule has 110 valence electrons. The Balaban J connectivity index is 2.10. The average Bonchev–Trinajstić information content (AvgIpc) is 2.47. The number of aromatic hydroxyl groups is 1. The molecule has 0 saturated carbocycles. The lowest BCUT2D eigenvalue weighted by Crippen LogP contribution is -2.11. The van der Waals surface area contributed by atoms with E-state index >= 15 is 0 Å². The molecule has 0 unspecified atom stereocenters. The van der Waals surface area contributed by atoms with Crippen LogP contribution in [-0.2, 0) is 0 Å². The van der Waals surface area contributed by atoms with Crippen LogP contribution in [-0.4, -0.2) is 15.0 Å². The van der Waals surface area contributed by atoms with E-state index in [4.69, 9.17) is 4.74 Å². The van der Waals surface area contributed by atoms with E-state index in [1.165, 1.54) is 12.1 Å². The highest BCUT2D eigenvalue weighted by atomic mass is 16.6. The number of pyridine rings is 1. The van der Waals surface area contributed by atoms with Crippen molar-refractivity contribution in [2.75, 3.05) is 0 Å². The van der Waals surface area contributed by atoms with Gasteiger partial charge in [-0.2, -0.15) is 0 Å². The SMILES string of the molecule is O=c1[nH]c2cc(Oc3ccccc3)ccc2c(O)c1[N+](=O)[O-]. The number of hydrogen-bond donors (Lipinski definition) is 2. The molecular weight excluding hydrogens is 288 g/mol. The molecule has 0 bridgehead atoms. The van der Waals surface area contributed by atoms with Crippen molar-refractivity contribution in [3.63, 3.8) is 0 Å². The van der Waals surface area contributed by atoms with Crippen LogP contribution in [0.3, 0.4) is 0 Å². The number of ether oxygens (including phenoxy) is 1. The van der Waals surface area contributed by atoms with Gasteiger partial charge in [0.15, 0.2) is 0 Å². The summed E-state index contributed by atoms with van der Waals surface area (Å²) in [6.45, 7) is 0. The van der Waals surface area contributed by atoms with E-state index in [1.807, 2.05) is 18.2 Å². The van der Waals surface area contributed by atoms with Gasteiger partial charge in [-0.25, -0.2) is 0 Å². The Hall–Kier alpha value is -3.35. The molecule has 3 rings (SSSR count). The second-order valence-electron chi connectivity index (χ2n) is 4.53. The van der Waals surface area contributed by atoms with Crippen LogP contribution in [0, 0.1) is 10.1 Å². The predicted molar refractivity (Wildman–Crippen MR) is 79.4 cm³/mol. The zero-order valence-corrected chi connectivity index (χ0v) is 11.1. The summed E-state index contributed by atoms with van der Waals surface area (Å²) in [7, 11) is 0. The zero-order chi connectivity index (χ0) is 15.7. The van der Waals surface area contributed by atoms with E-state index in [-0.39, 0.29) is 10.9 Å². The molecule has 3 aromatic rings. The van der Waals surface area contributed by atoms with Crippen LogP contribution in [0.2, 0.25) is 0 Å². The van der Waals surface area contributed by atoms with Crippen LogP contribution in [0.5, 0.6) is 17.2 Å². The lowest BCUT2D eigenvalue weighted by atomic mass is 10.2. The molecule has 22 heavy (non-hydrogen) atoms. The Bertz CT molecular complexity index is 918. The fourth-order valence-electron chi connectivity index (χ4n) is 2.11. The highest BCUT2D eigenvalue weighted by molar-refractivity contribution is 5.89. The molecule has 7 heteroatoms. The number of nitro groups is 1. The first-order chi connectivity index (χ1) is 10.6. The Morgan fingerprint density at radius 2 is 1.82 bits per heavy atom. The second kappa shape index (κ2) is 5.21. The molecule has 0 aliphatic heterocycles. The zero-order valence-electron chi connectivity index (χ0n) is 11.1. The van der Waals surface area contributed by atoms with Gasteiger partial charge in [-0.1, -0.05) is 18.2 Å². The maximum absolute atomic E-state index is 11.7. The minimum Gasteiger partial charge on any atom is -0.501 e. The van der Waals surface area contributed by atoms with Gasteiger partial charge in [-0.3, -0.25) is 14.9 Å². The van der Waals surface area contributed by atoms with Crippen molar-refractivity contribution in [3.8, 4) is 17.2 Å². The number of para-hydroxylation sites is 1. The number of H-pyrrole nitrogens is 1. The Morgan fingerprint density at radius 1 is 1.09 bits per heavy atom. The van der Waals surface area contributed by atoms with E-state index in [9.17, 15) is 20.0 Å². The fourth-order valence-corrected chi connectivity index (χ4v) is 2.11. The summed E-state index contributed by atoms with van der Waals surface area (Å²) in [4.78, 5) is 23.9. The highest BCUT2D eigenvalue weighted by Gasteiger charge is 2.22. The summed E-state index contributed by atoms with van der Waals surface area (Å²) in [6, 6.07) is 13.5. The molecule has 1 heterocycles. The molecule has 0 radical (unpaired) electrons. The van der Waals surface area contributed by atoms with Gasteiger partial charge in [0, 0.05) is 11.5 Å². The predicted octanol–water partition coefficient (Wildman–Crippen LogP) is 2.93. The van der Waals surface area contributed by atoms with Crippen LogP contribution in [0.1, 0.15) is 0 Å². The van der Waals surface area contributed by atoms with E-state index in [0.717, 1.165) is 0 Å². The van der Waals surface area contributed by atoms with Crippen LogP contribution in [0.15, 0.2) is 53.3 Å². The van der Waals surface area contributed by atoms with Crippen molar-refractivity contribution in [2.24, 2.45) is 0 Å². The first-order valence-electron chi connectivity index (χ1n) is 6.32. The van der Waals surface area contributed by atoms with E-state index < -0.39 is 21.9 Å². The number of hydrogen-bond acceptors (Lipinski definition) is 5. The number of nitrogens with zero attached hydrogens (tertiary/aromatic N) is 1. The van der Waals surface area contributed by atoms with Gasteiger partial charge in [0.1, 0.15) is 11.5 Å². The van der Waals surface area contributed by atoms with Gasteiger partial charge in [0.05, 0.1) is 10.4 Å². The Labute approximate surface area is 123 Å². The van der Waals surface area contributed by atoms with Gasteiger partial charge in [-0.15, -0.1) is 0 Å². The molecule has 0 saturated heterocycles. The molecule has 7 nitrogen and oxygen atoms in total. The van der Waals surface area contributed by atoms with Gasteiger partial charge < -0.3 is 14.8 Å². The number of benzene rings is 2. The molecule has 1 aromatic heterocycles. The number of nitrogens with one attached hydrogen (secondary N) is 1. The Morgan fingerprint density at radius 3 is 2.50 bits per heavy atom. The second-order valence-corrected chi connectivity index (χ2v) is 4.53. The molecule has 0 amide bonds. The van der Waals surface area contributed by atoms with E-state index in [1.54, 1.807) is 18.2 Å². The third-order valence-electron chi connectivity index (χ3n) is 3.10. The van der Waals surface area contributed by atoms with Crippen LogP contribution in [0.4, 0.5) is 5.69 Å². The molecule has 2 aromatic carbocycles. The van der Waals surface area contributed by atoms with Gasteiger partial charge in [0.2, 0.25) is 5.75 Å². The normalized spacial score (nSPS) is 10.5. The topological polar surface area (TPSA) is 105 Å². The Kier molecular flexibility index (Phi) is 3.23.